The maximum Gasteiger partial charge on any atom is 0.193 e. The van der Waals surface area contributed by atoms with Gasteiger partial charge in [-0.25, -0.2) is 4.99 Å². The van der Waals surface area contributed by atoms with Crippen molar-refractivity contribution in [1.29, 1.82) is 0 Å². The second kappa shape index (κ2) is 8.67. The molecule has 0 bridgehead atoms. The molecule has 0 radical (unpaired) electrons. The van der Waals surface area contributed by atoms with Crippen LogP contribution in [0.4, 0.5) is 11.4 Å². The zero-order valence-electron chi connectivity index (χ0n) is 14.4. The van der Waals surface area contributed by atoms with Gasteiger partial charge in [0.25, 0.3) is 0 Å². The topological polar surface area (TPSA) is 62.9 Å². The molecule has 3 rings (SSSR count). The summed E-state index contributed by atoms with van der Waals surface area (Å²) in [6, 6.07) is 16.2. The minimum absolute atomic E-state index is 0.405. The number of anilines is 2. The third kappa shape index (κ3) is 5.06. The molecular weight excluding hydrogens is 332 g/mol. The van der Waals surface area contributed by atoms with Crippen molar-refractivity contribution in [3.63, 3.8) is 0 Å². The van der Waals surface area contributed by atoms with Crippen LogP contribution in [0.15, 0.2) is 53.5 Å². The Bertz CT molecular complexity index is 694. The fraction of sp³-hybridized carbons (Fsp3) is 0.316. The molecule has 5 nitrogen and oxygen atoms in total. The first-order valence-electron chi connectivity index (χ1n) is 8.37. The summed E-state index contributed by atoms with van der Waals surface area (Å²) in [5.74, 6) is 3.63. The molecule has 0 unspecified atom stereocenters. The lowest BCUT2D eigenvalue weighted by atomic mass is 10.2. The van der Waals surface area contributed by atoms with E-state index in [9.17, 15) is 0 Å². The van der Waals surface area contributed by atoms with E-state index in [0.29, 0.717) is 12.5 Å². The number of ether oxygens (including phenoxy) is 1. The Hall–Kier alpha value is -2.34. The molecule has 1 fully saturated rings. The number of thioether (sulfide) groups is 1. The standard InChI is InChI=1S/C19H24N4OS/c1-24-18-8-4-16(5-9-18)22-19(20)21-14-15-2-6-17(7-3-15)23-10-12-25-13-11-23/h2-9H,10-14H2,1H3,(H3,20,21,22). The number of nitrogens with two attached hydrogens (primary N) is 1. The van der Waals surface area contributed by atoms with Crippen molar-refractivity contribution < 1.29 is 4.74 Å². The van der Waals surface area contributed by atoms with Crippen LogP contribution in [0.1, 0.15) is 5.56 Å². The van der Waals surface area contributed by atoms with Crippen LogP contribution in [0, 0.1) is 0 Å². The number of nitrogens with one attached hydrogen (secondary N) is 1. The van der Waals surface area contributed by atoms with Crippen molar-refractivity contribution in [3.8, 4) is 5.75 Å². The Morgan fingerprint density at radius 3 is 2.44 bits per heavy atom. The van der Waals surface area contributed by atoms with Gasteiger partial charge in [0, 0.05) is 36.0 Å². The lowest BCUT2D eigenvalue weighted by Crippen LogP contribution is -2.32. The summed E-state index contributed by atoms with van der Waals surface area (Å²) in [6.07, 6.45) is 0. The van der Waals surface area contributed by atoms with E-state index >= 15 is 0 Å². The summed E-state index contributed by atoms with van der Waals surface area (Å²) in [6.45, 7) is 2.81. The maximum absolute atomic E-state index is 5.97. The van der Waals surface area contributed by atoms with Crippen molar-refractivity contribution >= 4 is 29.1 Å². The smallest absolute Gasteiger partial charge is 0.193 e. The summed E-state index contributed by atoms with van der Waals surface area (Å²) in [7, 11) is 1.65. The molecule has 0 amide bonds. The molecule has 0 atom stereocenters. The molecule has 1 heterocycles. The van der Waals surface area contributed by atoms with Crippen molar-refractivity contribution in [1.82, 2.24) is 0 Å². The molecule has 1 aliphatic rings. The van der Waals surface area contributed by atoms with Gasteiger partial charge in [0.05, 0.1) is 13.7 Å². The number of guanidine groups is 1. The van der Waals surface area contributed by atoms with Gasteiger partial charge in [-0.2, -0.15) is 11.8 Å². The van der Waals surface area contributed by atoms with Crippen LogP contribution in [0.3, 0.4) is 0 Å². The molecular formula is C19H24N4OS. The molecule has 6 heteroatoms. The summed E-state index contributed by atoms with van der Waals surface area (Å²) in [5.41, 5.74) is 9.29. The zero-order valence-corrected chi connectivity index (χ0v) is 15.3. The predicted octanol–water partition coefficient (Wildman–Crippen LogP) is 3.18. The van der Waals surface area contributed by atoms with Gasteiger partial charge < -0.3 is 20.7 Å². The summed E-state index contributed by atoms with van der Waals surface area (Å²) in [5, 5.41) is 3.09. The minimum atomic E-state index is 0.405. The van der Waals surface area contributed by atoms with Crippen LogP contribution in [0.2, 0.25) is 0 Å². The molecule has 3 N–H and O–H groups in total. The average molecular weight is 356 g/mol. The summed E-state index contributed by atoms with van der Waals surface area (Å²) in [4.78, 5) is 6.84. The lowest BCUT2D eigenvalue weighted by molar-refractivity contribution is 0.415. The first-order valence-corrected chi connectivity index (χ1v) is 9.53. The maximum atomic E-state index is 5.97. The molecule has 0 spiro atoms. The fourth-order valence-electron chi connectivity index (χ4n) is 2.67. The molecule has 0 aromatic heterocycles. The van der Waals surface area contributed by atoms with Gasteiger partial charge >= 0.3 is 0 Å². The second-order valence-electron chi connectivity index (χ2n) is 5.82. The normalized spacial score (nSPS) is 15.1. The highest BCUT2D eigenvalue weighted by Crippen LogP contribution is 2.20. The molecule has 0 saturated carbocycles. The highest BCUT2D eigenvalue weighted by molar-refractivity contribution is 7.99. The van der Waals surface area contributed by atoms with Crippen LogP contribution in [-0.4, -0.2) is 37.7 Å². The molecule has 2 aromatic carbocycles. The van der Waals surface area contributed by atoms with Crippen LogP contribution in [-0.2, 0) is 6.54 Å². The van der Waals surface area contributed by atoms with Crippen LogP contribution in [0.5, 0.6) is 5.75 Å². The first kappa shape index (κ1) is 17.5. The Morgan fingerprint density at radius 2 is 1.80 bits per heavy atom. The van der Waals surface area contributed by atoms with E-state index in [0.717, 1.165) is 30.1 Å². The van der Waals surface area contributed by atoms with Gasteiger partial charge in [-0.15, -0.1) is 0 Å². The van der Waals surface area contributed by atoms with E-state index in [2.05, 4.69) is 39.5 Å². The third-order valence-corrected chi connectivity index (χ3v) is 5.05. The second-order valence-corrected chi connectivity index (χ2v) is 7.05. The minimum Gasteiger partial charge on any atom is -0.497 e. The summed E-state index contributed by atoms with van der Waals surface area (Å²) >= 11 is 2.02. The van der Waals surface area contributed by atoms with Gasteiger partial charge in [0.1, 0.15) is 5.75 Å². The van der Waals surface area contributed by atoms with Gasteiger partial charge in [0.2, 0.25) is 0 Å². The SMILES string of the molecule is COc1ccc(NC(N)=NCc2ccc(N3CCSCC3)cc2)cc1. The van der Waals surface area contributed by atoms with Crippen molar-refractivity contribution in [3.05, 3.63) is 54.1 Å². The monoisotopic (exact) mass is 356 g/mol. The largest absolute Gasteiger partial charge is 0.497 e. The number of methoxy groups -OCH3 is 1. The van der Waals surface area contributed by atoms with E-state index in [-0.39, 0.29) is 0 Å². The van der Waals surface area contributed by atoms with E-state index in [1.807, 2.05) is 36.0 Å². The molecule has 1 saturated heterocycles. The number of nitrogens with zero attached hydrogens (tertiary/aromatic N) is 2. The third-order valence-electron chi connectivity index (χ3n) is 4.11. The zero-order chi connectivity index (χ0) is 17.5. The highest BCUT2D eigenvalue weighted by atomic mass is 32.2. The van der Waals surface area contributed by atoms with Crippen molar-refractivity contribution in [2.75, 3.05) is 41.9 Å². The van der Waals surface area contributed by atoms with Crippen LogP contribution in [0.25, 0.3) is 0 Å². The van der Waals surface area contributed by atoms with Crippen LogP contribution < -0.4 is 20.7 Å². The number of hydrogen-bond acceptors (Lipinski definition) is 4. The lowest BCUT2D eigenvalue weighted by Gasteiger charge is -2.28. The van der Waals surface area contributed by atoms with Crippen molar-refractivity contribution in [2.24, 2.45) is 10.7 Å². The molecule has 0 aliphatic carbocycles. The molecule has 132 valence electrons. The van der Waals surface area contributed by atoms with E-state index in [1.54, 1.807) is 7.11 Å². The number of benzene rings is 2. The molecule has 2 aromatic rings. The number of aliphatic imine (C=N–C) groups is 1. The average Bonchev–Trinajstić information content (AvgIpc) is 2.68. The quantitative estimate of drug-likeness (QED) is 0.636. The molecule has 25 heavy (non-hydrogen) atoms. The molecule has 1 aliphatic heterocycles. The highest BCUT2D eigenvalue weighted by Gasteiger charge is 2.10. The fourth-order valence-corrected chi connectivity index (χ4v) is 3.58. The Labute approximate surface area is 153 Å². The first-order chi connectivity index (χ1) is 12.2. The van der Waals surface area contributed by atoms with Gasteiger partial charge in [0.15, 0.2) is 5.96 Å². The van der Waals surface area contributed by atoms with E-state index in [1.165, 1.54) is 17.2 Å². The van der Waals surface area contributed by atoms with Gasteiger partial charge in [-0.3, -0.25) is 0 Å². The number of rotatable bonds is 5. The Balaban J connectivity index is 1.54. The Morgan fingerprint density at radius 1 is 1.12 bits per heavy atom. The summed E-state index contributed by atoms with van der Waals surface area (Å²) < 4.78 is 5.14. The Kier molecular flexibility index (Phi) is 6.06. The van der Waals surface area contributed by atoms with E-state index in [4.69, 9.17) is 10.5 Å². The van der Waals surface area contributed by atoms with E-state index < -0.39 is 0 Å². The number of hydrogen-bond donors (Lipinski definition) is 2. The van der Waals surface area contributed by atoms with Gasteiger partial charge in [-0.1, -0.05) is 12.1 Å². The van der Waals surface area contributed by atoms with Crippen LogP contribution >= 0.6 is 11.8 Å². The van der Waals surface area contributed by atoms with Gasteiger partial charge in [-0.05, 0) is 42.0 Å². The predicted molar refractivity (Wildman–Crippen MR) is 108 cm³/mol. The van der Waals surface area contributed by atoms with Crippen molar-refractivity contribution in [2.45, 2.75) is 6.54 Å².